The van der Waals surface area contributed by atoms with Crippen LogP contribution in [0, 0.1) is 11.8 Å². The first kappa shape index (κ1) is 15.4. The first-order valence-corrected chi connectivity index (χ1v) is 10.1. The molecule has 5 aliphatic rings. The molecule has 6 rings (SSSR count). The van der Waals surface area contributed by atoms with Gasteiger partial charge in [-0.3, -0.25) is 4.90 Å². The molecule has 138 valence electrons. The number of methoxy groups -OCH3 is 2. The van der Waals surface area contributed by atoms with Crippen LogP contribution in [0.25, 0.3) is 0 Å². The summed E-state index contributed by atoms with van der Waals surface area (Å²) in [6.07, 6.45) is 8.58. The number of piperidine rings is 1. The van der Waals surface area contributed by atoms with Crippen LogP contribution in [0.2, 0.25) is 0 Å². The van der Waals surface area contributed by atoms with Crippen LogP contribution in [0.1, 0.15) is 36.8 Å². The summed E-state index contributed by atoms with van der Waals surface area (Å²) in [5.41, 5.74) is 2.99. The molecule has 26 heavy (non-hydrogen) atoms. The Labute approximate surface area is 155 Å². The van der Waals surface area contributed by atoms with Gasteiger partial charge in [-0.25, -0.2) is 0 Å². The molecule has 1 aromatic rings. The van der Waals surface area contributed by atoms with Crippen molar-refractivity contribution in [1.82, 2.24) is 4.90 Å². The summed E-state index contributed by atoms with van der Waals surface area (Å²) in [5, 5.41) is 0. The molecule has 1 spiro atoms. The quantitative estimate of drug-likeness (QED) is 0.831. The lowest BCUT2D eigenvalue weighted by molar-refractivity contribution is -0.0376. The van der Waals surface area contributed by atoms with E-state index >= 15 is 0 Å². The fourth-order valence-electron chi connectivity index (χ4n) is 6.41. The molecule has 2 aliphatic heterocycles. The van der Waals surface area contributed by atoms with Crippen molar-refractivity contribution < 1.29 is 14.2 Å². The molecule has 1 aromatic carbocycles. The second-order valence-electron chi connectivity index (χ2n) is 8.78. The largest absolute Gasteiger partial charge is 0.497 e. The van der Waals surface area contributed by atoms with Gasteiger partial charge in [0.15, 0.2) is 17.6 Å². The molecule has 2 fully saturated rings. The van der Waals surface area contributed by atoms with Gasteiger partial charge in [-0.05, 0) is 68.2 Å². The highest BCUT2D eigenvalue weighted by Crippen LogP contribution is 2.64. The van der Waals surface area contributed by atoms with Crippen molar-refractivity contribution in [2.75, 3.05) is 27.3 Å². The maximum absolute atomic E-state index is 6.60. The minimum absolute atomic E-state index is 0.0159. The average Bonchev–Trinajstić information content (AvgIpc) is 3.41. The molecule has 0 aromatic heterocycles. The van der Waals surface area contributed by atoms with E-state index in [0.717, 1.165) is 36.0 Å². The van der Waals surface area contributed by atoms with E-state index in [1.807, 2.05) is 0 Å². The van der Waals surface area contributed by atoms with Crippen molar-refractivity contribution in [2.24, 2.45) is 11.8 Å². The molecular weight excluding hydrogens is 326 g/mol. The summed E-state index contributed by atoms with van der Waals surface area (Å²) in [6, 6.07) is 5.02. The lowest BCUT2D eigenvalue weighted by atomic mass is 9.53. The summed E-state index contributed by atoms with van der Waals surface area (Å²) < 4.78 is 18.1. The van der Waals surface area contributed by atoms with E-state index in [0.29, 0.717) is 12.0 Å². The van der Waals surface area contributed by atoms with Gasteiger partial charge in [-0.2, -0.15) is 0 Å². The number of hydrogen-bond donors (Lipinski definition) is 0. The second-order valence-corrected chi connectivity index (χ2v) is 8.78. The molecule has 0 amide bonds. The topological polar surface area (TPSA) is 30.9 Å². The van der Waals surface area contributed by atoms with Crippen molar-refractivity contribution in [2.45, 2.75) is 49.7 Å². The van der Waals surface area contributed by atoms with E-state index in [2.05, 4.69) is 23.1 Å². The van der Waals surface area contributed by atoms with Crippen LogP contribution in [0.4, 0.5) is 0 Å². The fraction of sp³-hybridized carbons (Fsp3) is 0.636. The Balaban J connectivity index is 1.53. The van der Waals surface area contributed by atoms with Crippen LogP contribution in [0.15, 0.2) is 24.0 Å². The summed E-state index contributed by atoms with van der Waals surface area (Å²) in [6.45, 7) is 2.48. The third-order valence-electron chi connectivity index (χ3n) is 7.69. The van der Waals surface area contributed by atoms with Crippen LogP contribution < -0.4 is 9.47 Å². The molecule has 3 aliphatic carbocycles. The number of allylic oxidation sites excluding steroid dienone is 1. The molecule has 2 unspecified atom stereocenters. The summed E-state index contributed by atoms with van der Waals surface area (Å²) in [5.74, 6) is 4.45. The van der Waals surface area contributed by atoms with Crippen molar-refractivity contribution in [1.29, 1.82) is 0 Å². The van der Waals surface area contributed by atoms with Gasteiger partial charge >= 0.3 is 0 Å². The zero-order valence-electron chi connectivity index (χ0n) is 15.7. The Morgan fingerprint density at radius 3 is 2.88 bits per heavy atom. The van der Waals surface area contributed by atoms with E-state index in [-0.39, 0.29) is 11.5 Å². The van der Waals surface area contributed by atoms with Crippen LogP contribution in [-0.4, -0.2) is 44.4 Å². The van der Waals surface area contributed by atoms with Gasteiger partial charge in [0.1, 0.15) is 5.76 Å². The van der Waals surface area contributed by atoms with E-state index in [1.165, 1.54) is 43.5 Å². The Morgan fingerprint density at radius 1 is 1.23 bits per heavy atom. The SMILES string of the molecule is COC1=CCC2[C@@H]3Cc4ccc(OC)c5c4[C@]2(CCN3CC2CC2)C1O5. The molecule has 4 nitrogen and oxygen atoms in total. The summed E-state index contributed by atoms with van der Waals surface area (Å²) in [4.78, 5) is 2.81. The van der Waals surface area contributed by atoms with Crippen molar-refractivity contribution >= 4 is 0 Å². The lowest BCUT2D eigenvalue weighted by Gasteiger charge is -2.57. The Hall–Kier alpha value is -1.68. The average molecular weight is 353 g/mol. The highest BCUT2D eigenvalue weighted by Gasteiger charge is 2.65. The molecule has 4 atom stereocenters. The number of nitrogens with zero attached hydrogens (tertiary/aromatic N) is 1. The second kappa shape index (κ2) is 5.19. The van der Waals surface area contributed by atoms with Crippen LogP contribution in [0.5, 0.6) is 11.5 Å². The Bertz CT molecular complexity index is 799. The Morgan fingerprint density at radius 2 is 2.12 bits per heavy atom. The number of ether oxygens (including phenoxy) is 3. The first-order valence-electron chi connectivity index (χ1n) is 10.1. The number of rotatable bonds is 4. The summed E-state index contributed by atoms with van der Waals surface area (Å²) in [7, 11) is 3.53. The van der Waals surface area contributed by atoms with Gasteiger partial charge in [-0.15, -0.1) is 0 Å². The van der Waals surface area contributed by atoms with Crippen LogP contribution >= 0.6 is 0 Å². The number of likely N-dealkylation sites (tertiary alicyclic amines) is 1. The van der Waals surface area contributed by atoms with Gasteiger partial charge in [0.05, 0.1) is 14.2 Å². The minimum Gasteiger partial charge on any atom is -0.497 e. The Kier molecular flexibility index (Phi) is 3.07. The van der Waals surface area contributed by atoms with Crippen molar-refractivity contribution in [3.63, 3.8) is 0 Å². The summed E-state index contributed by atoms with van der Waals surface area (Å²) >= 11 is 0. The molecule has 0 N–H and O–H groups in total. The van der Waals surface area contributed by atoms with Gasteiger partial charge in [0.25, 0.3) is 0 Å². The molecule has 1 saturated heterocycles. The van der Waals surface area contributed by atoms with Crippen molar-refractivity contribution in [3.8, 4) is 11.5 Å². The van der Waals surface area contributed by atoms with Crippen LogP contribution in [0.3, 0.4) is 0 Å². The molecule has 0 radical (unpaired) electrons. The fourth-order valence-corrected chi connectivity index (χ4v) is 6.41. The normalized spacial score (nSPS) is 36.8. The zero-order valence-corrected chi connectivity index (χ0v) is 15.7. The van der Waals surface area contributed by atoms with Gasteiger partial charge in [-0.1, -0.05) is 6.07 Å². The molecule has 1 saturated carbocycles. The van der Waals surface area contributed by atoms with Crippen molar-refractivity contribution in [3.05, 3.63) is 35.1 Å². The third-order valence-corrected chi connectivity index (χ3v) is 7.69. The smallest absolute Gasteiger partial charge is 0.166 e. The van der Waals surface area contributed by atoms with E-state index in [1.54, 1.807) is 14.2 Å². The van der Waals surface area contributed by atoms with Gasteiger partial charge < -0.3 is 14.2 Å². The molecule has 2 bridgehead atoms. The van der Waals surface area contributed by atoms with Gasteiger partial charge in [0, 0.05) is 23.6 Å². The standard InChI is InChI=1S/C22H27NO3/c1-24-17-7-5-14-11-16-15-6-8-18(25-2)21-22(15,19(14)20(17)26-21)9-10-23(16)12-13-3-4-13/h5,7-8,13,15-16,21H,3-4,6,9-12H2,1-2H3/t15?,16-,21?,22+/m0/s1. The maximum Gasteiger partial charge on any atom is 0.166 e. The third kappa shape index (κ3) is 1.79. The van der Waals surface area contributed by atoms with Gasteiger partial charge in [0.2, 0.25) is 0 Å². The highest BCUT2D eigenvalue weighted by atomic mass is 16.6. The molecule has 2 heterocycles. The predicted molar refractivity (Wildman–Crippen MR) is 98.7 cm³/mol. The maximum atomic E-state index is 6.60. The predicted octanol–water partition coefficient (Wildman–Crippen LogP) is 3.28. The van der Waals surface area contributed by atoms with E-state index in [9.17, 15) is 0 Å². The number of hydrogen-bond acceptors (Lipinski definition) is 4. The highest BCUT2D eigenvalue weighted by molar-refractivity contribution is 5.62. The van der Waals surface area contributed by atoms with E-state index in [4.69, 9.17) is 14.2 Å². The van der Waals surface area contributed by atoms with E-state index < -0.39 is 0 Å². The zero-order chi connectivity index (χ0) is 17.5. The molecule has 4 heteroatoms. The first-order chi connectivity index (χ1) is 12.8. The lowest BCUT2D eigenvalue weighted by Crippen LogP contribution is -2.64. The van der Waals surface area contributed by atoms with Crippen LogP contribution in [-0.2, 0) is 16.6 Å². The monoisotopic (exact) mass is 353 g/mol. The molecular formula is C22H27NO3. The number of benzene rings is 1. The minimum atomic E-state index is 0.0159.